The van der Waals surface area contributed by atoms with E-state index in [1.807, 2.05) is 26.0 Å². The van der Waals surface area contributed by atoms with Crippen molar-refractivity contribution in [2.24, 2.45) is 0 Å². The number of benzene rings is 1. The zero-order chi connectivity index (χ0) is 13.3. The third-order valence-corrected chi connectivity index (χ3v) is 4.51. The molecule has 0 heterocycles. The minimum atomic E-state index is -0.553. The fourth-order valence-electron chi connectivity index (χ4n) is 1.91. The van der Waals surface area contributed by atoms with Gasteiger partial charge >= 0.3 is 5.97 Å². The van der Waals surface area contributed by atoms with Gasteiger partial charge < -0.3 is 4.74 Å². The van der Waals surface area contributed by atoms with Gasteiger partial charge in [-0.25, -0.2) is 0 Å². The van der Waals surface area contributed by atoms with Crippen LogP contribution < -0.4 is 4.74 Å². The fourth-order valence-corrected chi connectivity index (χ4v) is 2.02. The Balaban J connectivity index is 2.29. The van der Waals surface area contributed by atoms with Gasteiger partial charge in [0, 0.05) is 6.42 Å². The highest BCUT2D eigenvalue weighted by atomic mass is 127. The van der Waals surface area contributed by atoms with Crippen LogP contribution in [0.2, 0.25) is 0 Å². The SMILES string of the molecule is CCC(C)(I)C(=O)Oc1cccc2c1C(=O)CC2. The molecule has 96 valence electrons. The van der Waals surface area contributed by atoms with Gasteiger partial charge in [-0.2, -0.15) is 0 Å². The lowest BCUT2D eigenvalue weighted by Gasteiger charge is -2.19. The number of hydrogen-bond acceptors (Lipinski definition) is 3. The molecular weight excluding hydrogens is 343 g/mol. The summed E-state index contributed by atoms with van der Waals surface area (Å²) in [6.45, 7) is 3.77. The first-order valence-corrected chi connectivity index (χ1v) is 7.10. The van der Waals surface area contributed by atoms with Crippen molar-refractivity contribution in [2.45, 2.75) is 36.5 Å². The summed E-state index contributed by atoms with van der Waals surface area (Å²) in [5.41, 5.74) is 1.58. The van der Waals surface area contributed by atoms with E-state index >= 15 is 0 Å². The lowest BCUT2D eigenvalue weighted by Crippen LogP contribution is -2.32. The average Bonchev–Trinajstić information content (AvgIpc) is 2.72. The number of aryl methyl sites for hydroxylation is 1. The molecule has 0 amide bonds. The van der Waals surface area contributed by atoms with E-state index in [9.17, 15) is 9.59 Å². The summed E-state index contributed by atoms with van der Waals surface area (Å²) in [5.74, 6) is 0.190. The van der Waals surface area contributed by atoms with Crippen LogP contribution in [0.1, 0.15) is 42.6 Å². The fraction of sp³-hybridized carbons (Fsp3) is 0.429. The number of fused-ring (bicyclic) bond motifs is 1. The van der Waals surface area contributed by atoms with Crippen LogP contribution in [0.4, 0.5) is 0 Å². The number of hydrogen-bond donors (Lipinski definition) is 0. The van der Waals surface area contributed by atoms with Gasteiger partial charge in [0.15, 0.2) is 5.78 Å². The minimum Gasteiger partial charge on any atom is -0.425 e. The Hall–Kier alpha value is -0.910. The molecule has 0 saturated carbocycles. The van der Waals surface area contributed by atoms with Gasteiger partial charge in [0.2, 0.25) is 0 Å². The topological polar surface area (TPSA) is 43.4 Å². The monoisotopic (exact) mass is 358 g/mol. The van der Waals surface area contributed by atoms with Crippen LogP contribution in [0, 0.1) is 0 Å². The van der Waals surface area contributed by atoms with E-state index in [0.29, 0.717) is 24.2 Å². The van der Waals surface area contributed by atoms with Crippen molar-refractivity contribution in [1.82, 2.24) is 0 Å². The van der Waals surface area contributed by atoms with Gasteiger partial charge in [-0.05, 0) is 31.4 Å². The van der Waals surface area contributed by atoms with E-state index in [1.165, 1.54) is 0 Å². The van der Waals surface area contributed by atoms with Crippen molar-refractivity contribution in [2.75, 3.05) is 0 Å². The largest absolute Gasteiger partial charge is 0.425 e. The number of alkyl halides is 1. The second kappa shape index (κ2) is 4.99. The maximum atomic E-state index is 12.0. The molecule has 0 spiro atoms. The standard InChI is InChI=1S/C14H15IO3/c1-3-14(2,15)13(17)18-11-6-4-5-9-7-8-10(16)12(9)11/h4-6H,3,7-8H2,1-2H3. The van der Waals surface area contributed by atoms with Gasteiger partial charge in [-0.1, -0.05) is 41.6 Å². The zero-order valence-electron chi connectivity index (χ0n) is 10.5. The number of carbonyl (C=O) groups excluding carboxylic acids is 2. The maximum Gasteiger partial charge on any atom is 0.327 e. The molecule has 1 aliphatic carbocycles. The van der Waals surface area contributed by atoms with E-state index < -0.39 is 3.42 Å². The molecule has 0 fully saturated rings. The minimum absolute atomic E-state index is 0.0695. The molecule has 1 aromatic rings. The van der Waals surface area contributed by atoms with Gasteiger partial charge in [0.05, 0.1) is 5.56 Å². The van der Waals surface area contributed by atoms with Gasteiger partial charge in [-0.15, -0.1) is 0 Å². The Morgan fingerprint density at radius 1 is 1.44 bits per heavy atom. The van der Waals surface area contributed by atoms with Gasteiger partial charge in [0.1, 0.15) is 9.17 Å². The highest BCUT2D eigenvalue weighted by Gasteiger charge is 2.32. The van der Waals surface area contributed by atoms with Crippen LogP contribution >= 0.6 is 22.6 Å². The highest BCUT2D eigenvalue weighted by molar-refractivity contribution is 14.1. The molecule has 0 aromatic heterocycles. The summed E-state index contributed by atoms with van der Waals surface area (Å²) in [4.78, 5) is 23.8. The summed E-state index contributed by atoms with van der Waals surface area (Å²) in [7, 11) is 0. The molecule has 2 rings (SSSR count). The van der Waals surface area contributed by atoms with E-state index in [-0.39, 0.29) is 11.8 Å². The lowest BCUT2D eigenvalue weighted by atomic mass is 10.1. The van der Waals surface area contributed by atoms with Crippen molar-refractivity contribution in [3.8, 4) is 5.75 Å². The van der Waals surface area contributed by atoms with Crippen LogP contribution in [0.15, 0.2) is 18.2 Å². The summed E-state index contributed by atoms with van der Waals surface area (Å²) in [5, 5.41) is 0. The first kappa shape index (κ1) is 13.5. The van der Waals surface area contributed by atoms with Crippen LogP contribution in [-0.4, -0.2) is 15.2 Å². The second-order valence-electron chi connectivity index (χ2n) is 4.65. The Labute approximate surface area is 120 Å². The number of Topliss-reactive ketones (excluding diaryl/α,β-unsaturated/α-hetero) is 1. The second-order valence-corrected chi connectivity index (χ2v) is 7.03. The predicted molar refractivity (Wildman–Crippen MR) is 77.4 cm³/mol. The summed E-state index contributed by atoms with van der Waals surface area (Å²) >= 11 is 2.09. The number of ketones is 1. The third-order valence-electron chi connectivity index (χ3n) is 3.30. The van der Waals surface area contributed by atoms with Gasteiger partial charge in [0.25, 0.3) is 0 Å². The molecule has 0 saturated heterocycles. The normalized spacial score (nSPS) is 17.2. The molecule has 18 heavy (non-hydrogen) atoms. The molecule has 4 heteroatoms. The first-order valence-electron chi connectivity index (χ1n) is 6.02. The van der Waals surface area contributed by atoms with Crippen molar-refractivity contribution in [1.29, 1.82) is 0 Å². The van der Waals surface area contributed by atoms with E-state index in [0.717, 1.165) is 12.0 Å². The number of esters is 1. The molecule has 1 aliphatic rings. The number of carbonyl (C=O) groups is 2. The molecule has 1 unspecified atom stereocenters. The van der Waals surface area contributed by atoms with Crippen molar-refractivity contribution in [3.05, 3.63) is 29.3 Å². The Morgan fingerprint density at radius 3 is 2.83 bits per heavy atom. The number of ether oxygens (including phenoxy) is 1. The molecule has 0 bridgehead atoms. The van der Waals surface area contributed by atoms with Crippen LogP contribution in [0.25, 0.3) is 0 Å². The molecular formula is C14H15IO3. The Morgan fingerprint density at radius 2 is 2.17 bits per heavy atom. The van der Waals surface area contributed by atoms with Crippen molar-refractivity contribution >= 4 is 34.3 Å². The van der Waals surface area contributed by atoms with Crippen molar-refractivity contribution in [3.63, 3.8) is 0 Å². The van der Waals surface area contributed by atoms with Crippen LogP contribution in [0.5, 0.6) is 5.75 Å². The molecule has 0 radical (unpaired) electrons. The van der Waals surface area contributed by atoms with Crippen molar-refractivity contribution < 1.29 is 14.3 Å². The van der Waals surface area contributed by atoms with Crippen LogP contribution in [-0.2, 0) is 11.2 Å². The lowest BCUT2D eigenvalue weighted by molar-refractivity contribution is -0.136. The predicted octanol–water partition coefficient (Wildman–Crippen LogP) is 3.32. The average molecular weight is 358 g/mol. The van der Waals surface area contributed by atoms with Crippen LogP contribution in [0.3, 0.4) is 0 Å². The molecule has 1 atom stereocenters. The van der Waals surface area contributed by atoms with E-state index in [2.05, 4.69) is 22.6 Å². The highest BCUT2D eigenvalue weighted by Crippen LogP contribution is 2.32. The maximum absolute atomic E-state index is 12.0. The molecule has 0 N–H and O–H groups in total. The van der Waals surface area contributed by atoms with E-state index in [4.69, 9.17) is 4.74 Å². The molecule has 0 aliphatic heterocycles. The summed E-state index contributed by atoms with van der Waals surface area (Å²) in [6.07, 6.45) is 1.95. The van der Waals surface area contributed by atoms with E-state index in [1.54, 1.807) is 6.07 Å². The Bertz CT molecular complexity index is 506. The number of halogens is 1. The Kier molecular flexibility index (Phi) is 3.75. The smallest absolute Gasteiger partial charge is 0.327 e. The summed E-state index contributed by atoms with van der Waals surface area (Å²) in [6, 6.07) is 5.44. The quantitative estimate of drug-likeness (QED) is 0.360. The molecule has 1 aromatic carbocycles. The first-order chi connectivity index (χ1) is 8.45. The van der Waals surface area contributed by atoms with Gasteiger partial charge in [-0.3, -0.25) is 9.59 Å². The number of rotatable bonds is 3. The molecule has 3 nitrogen and oxygen atoms in total. The zero-order valence-corrected chi connectivity index (χ0v) is 12.6. The third kappa shape index (κ3) is 2.43. The summed E-state index contributed by atoms with van der Waals surface area (Å²) < 4.78 is 4.86.